The Bertz CT molecular complexity index is 66.6. The molecule has 1 saturated heterocycles. The fourth-order valence-corrected chi connectivity index (χ4v) is 1.69. The maximum absolute atomic E-state index is 5.02. The van der Waals surface area contributed by atoms with Gasteiger partial charge < -0.3 is 0 Å². The summed E-state index contributed by atoms with van der Waals surface area (Å²) in [5.74, 6) is 0. The molecule has 0 unspecified atom stereocenters. The number of hydrogen-bond acceptors (Lipinski definition) is 3. The summed E-state index contributed by atoms with van der Waals surface area (Å²) in [6.45, 7) is 2.31. The maximum Gasteiger partial charge on any atom is 0.133 e. The molecule has 1 N–H and O–H groups in total. The first-order chi connectivity index (χ1) is 7.00. The van der Waals surface area contributed by atoms with Gasteiger partial charge in [0.05, 0.1) is 6.61 Å². The van der Waals surface area contributed by atoms with E-state index in [1.54, 1.807) is 0 Å². The minimum absolute atomic E-state index is 0.528. The van der Waals surface area contributed by atoms with Crippen molar-refractivity contribution in [2.45, 2.75) is 51.4 Å². The van der Waals surface area contributed by atoms with E-state index in [4.69, 9.17) is 9.78 Å². The summed E-state index contributed by atoms with van der Waals surface area (Å²) >= 11 is 0. The van der Waals surface area contributed by atoms with Gasteiger partial charge in [-0.15, -0.1) is 0 Å². The SMILES string of the molecule is C1CCCCCOOCNCCCC1. The monoisotopic (exact) mass is 201 g/mol. The second-order valence-electron chi connectivity index (χ2n) is 3.91. The van der Waals surface area contributed by atoms with E-state index >= 15 is 0 Å². The summed E-state index contributed by atoms with van der Waals surface area (Å²) in [4.78, 5) is 9.98. The van der Waals surface area contributed by atoms with Crippen molar-refractivity contribution < 1.29 is 9.78 Å². The van der Waals surface area contributed by atoms with Crippen molar-refractivity contribution in [3.8, 4) is 0 Å². The predicted molar refractivity (Wildman–Crippen MR) is 56.8 cm³/mol. The average molecular weight is 201 g/mol. The molecule has 0 aromatic carbocycles. The molecule has 14 heavy (non-hydrogen) atoms. The van der Waals surface area contributed by atoms with Gasteiger partial charge in [0.1, 0.15) is 6.73 Å². The quantitative estimate of drug-likeness (QED) is 0.611. The van der Waals surface area contributed by atoms with Crippen LogP contribution in [0.1, 0.15) is 51.4 Å². The van der Waals surface area contributed by atoms with Crippen molar-refractivity contribution in [2.75, 3.05) is 19.9 Å². The van der Waals surface area contributed by atoms with Crippen molar-refractivity contribution in [1.82, 2.24) is 5.32 Å². The van der Waals surface area contributed by atoms with Crippen molar-refractivity contribution in [1.29, 1.82) is 0 Å². The third kappa shape index (κ3) is 7.30. The van der Waals surface area contributed by atoms with Crippen LogP contribution in [0, 0.1) is 0 Å². The second kappa shape index (κ2) is 9.44. The van der Waals surface area contributed by atoms with Crippen LogP contribution in [0.2, 0.25) is 0 Å². The van der Waals surface area contributed by atoms with Crippen LogP contribution in [0.25, 0.3) is 0 Å². The normalized spacial score (nSPS) is 24.0. The van der Waals surface area contributed by atoms with Crippen molar-refractivity contribution in [3.63, 3.8) is 0 Å². The highest BCUT2D eigenvalue weighted by Crippen LogP contribution is 2.08. The van der Waals surface area contributed by atoms with E-state index in [9.17, 15) is 0 Å². The van der Waals surface area contributed by atoms with Gasteiger partial charge in [0.2, 0.25) is 0 Å². The van der Waals surface area contributed by atoms with Crippen LogP contribution in [0.3, 0.4) is 0 Å². The molecule has 3 heteroatoms. The summed E-state index contributed by atoms with van der Waals surface area (Å²) < 4.78 is 0. The zero-order chi connectivity index (χ0) is 9.90. The molecule has 0 bridgehead atoms. The van der Waals surface area contributed by atoms with Crippen LogP contribution < -0.4 is 5.32 Å². The smallest absolute Gasteiger partial charge is 0.133 e. The standard InChI is InChI=1S/C11H23NO2/c1-2-4-6-8-10-13-14-11-12-9-7-5-3-1/h12H,1-11H2. The zero-order valence-corrected chi connectivity index (χ0v) is 9.09. The van der Waals surface area contributed by atoms with Crippen molar-refractivity contribution in [3.05, 3.63) is 0 Å². The van der Waals surface area contributed by atoms with E-state index in [2.05, 4.69) is 5.32 Å². The van der Waals surface area contributed by atoms with Gasteiger partial charge in [0.15, 0.2) is 0 Å². The summed E-state index contributed by atoms with van der Waals surface area (Å²) in [5.41, 5.74) is 0. The molecule has 0 aromatic rings. The second-order valence-corrected chi connectivity index (χ2v) is 3.91. The van der Waals surface area contributed by atoms with E-state index in [1.165, 1.54) is 44.9 Å². The van der Waals surface area contributed by atoms with E-state index in [0.717, 1.165) is 19.6 Å². The topological polar surface area (TPSA) is 30.5 Å². The molecule has 0 aliphatic carbocycles. The highest BCUT2D eigenvalue weighted by atomic mass is 17.2. The molecular formula is C11H23NO2. The van der Waals surface area contributed by atoms with Crippen LogP contribution in [0.15, 0.2) is 0 Å². The van der Waals surface area contributed by atoms with Crippen LogP contribution in [-0.2, 0) is 9.78 Å². The van der Waals surface area contributed by atoms with Gasteiger partial charge in [-0.25, -0.2) is 9.78 Å². The molecule has 1 aliphatic heterocycles. The molecule has 3 nitrogen and oxygen atoms in total. The predicted octanol–water partition coefficient (Wildman–Crippen LogP) is 2.62. The van der Waals surface area contributed by atoms with Crippen LogP contribution in [-0.4, -0.2) is 19.9 Å². The average Bonchev–Trinajstić information content (AvgIpc) is 2.22. The third-order valence-electron chi connectivity index (χ3n) is 2.58. The summed E-state index contributed by atoms with van der Waals surface area (Å²) in [6.07, 6.45) is 10.5. The number of nitrogens with one attached hydrogen (secondary N) is 1. The lowest BCUT2D eigenvalue weighted by Crippen LogP contribution is -2.19. The van der Waals surface area contributed by atoms with Gasteiger partial charge in [0.25, 0.3) is 0 Å². The van der Waals surface area contributed by atoms with E-state index < -0.39 is 0 Å². The first-order valence-corrected chi connectivity index (χ1v) is 5.95. The number of rotatable bonds is 0. The summed E-state index contributed by atoms with van der Waals surface area (Å²) in [5, 5.41) is 3.19. The first-order valence-electron chi connectivity index (χ1n) is 5.95. The molecule has 0 amide bonds. The van der Waals surface area contributed by atoms with Crippen LogP contribution in [0.5, 0.6) is 0 Å². The highest BCUT2D eigenvalue weighted by molar-refractivity contribution is 4.48. The Morgan fingerprint density at radius 2 is 1.29 bits per heavy atom. The maximum atomic E-state index is 5.02. The van der Waals surface area contributed by atoms with Crippen molar-refractivity contribution in [2.24, 2.45) is 0 Å². The fourth-order valence-electron chi connectivity index (χ4n) is 1.69. The Morgan fingerprint density at radius 3 is 2.07 bits per heavy atom. The molecule has 1 heterocycles. The highest BCUT2D eigenvalue weighted by Gasteiger charge is 1.95. The van der Waals surface area contributed by atoms with Gasteiger partial charge in [0, 0.05) is 0 Å². The number of hydrogen-bond donors (Lipinski definition) is 1. The Balaban J connectivity index is 2.00. The molecule has 0 spiro atoms. The molecule has 0 atom stereocenters. The lowest BCUT2D eigenvalue weighted by molar-refractivity contribution is -0.299. The molecule has 1 aliphatic rings. The fraction of sp³-hybridized carbons (Fsp3) is 1.00. The van der Waals surface area contributed by atoms with E-state index in [0.29, 0.717) is 6.73 Å². The van der Waals surface area contributed by atoms with Gasteiger partial charge >= 0.3 is 0 Å². The van der Waals surface area contributed by atoms with Crippen LogP contribution in [0.4, 0.5) is 0 Å². The molecule has 1 fully saturated rings. The van der Waals surface area contributed by atoms with E-state index in [-0.39, 0.29) is 0 Å². The van der Waals surface area contributed by atoms with Gasteiger partial charge in [-0.1, -0.05) is 38.5 Å². The molecule has 0 radical (unpaired) electrons. The Hall–Kier alpha value is -0.120. The third-order valence-corrected chi connectivity index (χ3v) is 2.58. The first kappa shape index (κ1) is 12.0. The molecule has 0 saturated carbocycles. The molecule has 0 aromatic heterocycles. The Morgan fingerprint density at radius 1 is 0.643 bits per heavy atom. The minimum atomic E-state index is 0.528. The lowest BCUT2D eigenvalue weighted by Gasteiger charge is -2.07. The van der Waals surface area contributed by atoms with Gasteiger partial charge in [-0.05, 0) is 19.4 Å². The Kier molecular flexibility index (Phi) is 8.06. The van der Waals surface area contributed by atoms with Crippen LogP contribution >= 0.6 is 0 Å². The molecule has 84 valence electrons. The summed E-state index contributed by atoms with van der Waals surface area (Å²) in [6, 6.07) is 0. The lowest BCUT2D eigenvalue weighted by atomic mass is 10.1. The molecular weight excluding hydrogens is 178 g/mol. The van der Waals surface area contributed by atoms with Crippen molar-refractivity contribution >= 4 is 0 Å². The zero-order valence-electron chi connectivity index (χ0n) is 9.09. The minimum Gasteiger partial charge on any atom is -0.292 e. The Labute approximate surface area is 87.1 Å². The van der Waals surface area contributed by atoms with Gasteiger partial charge in [-0.3, -0.25) is 5.32 Å². The van der Waals surface area contributed by atoms with Gasteiger partial charge in [-0.2, -0.15) is 0 Å². The molecule has 1 rings (SSSR count). The largest absolute Gasteiger partial charge is 0.292 e. The summed E-state index contributed by atoms with van der Waals surface area (Å²) in [7, 11) is 0. The van der Waals surface area contributed by atoms with E-state index in [1.807, 2.05) is 0 Å².